The molecule has 0 spiro atoms. The van der Waals surface area contributed by atoms with Crippen LogP contribution in [-0.2, 0) is 6.54 Å². The summed E-state index contributed by atoms with van der Waals surface area (Å²) < 4.78 is 10.3. The number of hydrogen-bond donors (Lipinski definition) is 0. The summed E-state index contributed by atoms with van der Waals surface area (Å²) in [6.45, 7) is 0.573. The van der Waals surface area contributed by atoms with Gasteiger partial charge in [0.25, 0.3) is 0 Å². The predicted octanol–water partition coefficient (Wildman–Crippen LogP) is 6.20. The van der Waals surface area contributed by atoms with Gasteiger partial charge in [-0.2, -0.15) is 0 Å². The molecular weight excluding hydrogens is 420 g/mol. The molecule has 2 aromatic heterocycles. The zero-order valence-corrected chi connectivity index (χ0v) is 18.5. The van der Waals surface area contributed by atoms with Crippen molar-refractivity contribution in [2.75, 3.05) is 0 Å². The number of carbonyl (C=O) groups is 1. The number of fused-ring (bicyclic) bond motifs is 2. The summed E-state index contributed by atoms with van der Waals surface area (Å²) in [6, 6.07) is 37.3. The number of nitrogens with zero attached hydrogens (tertiary/aromatic N) is 2. The van der Waals surface area contributed by atoms with Gasteiger partial charge >= 0.3 is 0 Å². The highest BCUT2D eigenvalue weighted by Gasteiger charge is 2.31. The van der Waals surface area contributed by atoms with Gasteiger partial charge in [0.15, 0.2) is 17.1 Å². The van der Waals surface area contributed by atoms with Crippen LogP contribution in [0.2, 0.25) is 0 Å². The number of ketones is 1. The second-order valence-electron chi connectivity index (χ2n) is 8.43. The van der Waals surface area contributed by atoms with E-state index in [1.54, 1.807) is 0 Å². The van der Waals surface area contributed by atoms with E-state index < -0.39 is 6.04 Å². The van der Waals surface area contributed by atoms with Gasteiger partial charge in [-0.3, -0.25) is 4.79 Å². The Morgan fingerprint density at radius 2 is 1.47 bits per heavy atom. The monoisotopic (exact) mass is 443 g/mol. The van der Waals surface area contributed by atoms with Crippen LogP contribution in [0.5, 0.6) is 0 Å². The van der Waals surface area contributed by atoms with Crippen molar-refractivity contribution in [1.82, 2.24) is 4.57 Å². The molecule has 0 amide bonds. The Morgan fingerprint density at radius 1 is 0.794 bits per heavy atom. The maximum absolute atomic E-state index is 13.8. The molecule has 0 saturated carbocycles. The van der Waals surface area contributed by atoms with Crippen LogP contribution in [0.25, 0.3) is 22.0 Å². The van der Waals surface area contributed by atoms with Crippen molar-refractivity contribution in [1.29, 1.82) is 0 Å². The number of Topliss-reactive ketones (excluding diaryl/α,β-unsaturated/α-hetero) is 1. The van der Waals surface area contributed by atoms with Gasteiger partial charge < -0.3 is 4.42 Å². The Kier molecular flexibility index (Phi) is 5.04. The summed E-state index contributed by atoms with van der Waals surface area (Å²) in [5.41, 5.74) is 4.57. The number of hydrogen-bond acceptors (Lipinski definition) is 2. The lowest BCUT2D eigenvalue weighted by Crippen LogP contribution is -2.33. The molecule has 1 atom stereocenters. The van der Waals surface area contributed by atoms with E-state index >= 15 is 0 Å². The highest BCUT2D eigenvalue weighted by molar-refractivity contribution is 6.01. The molecule has 0 saturated heterocycles. The highest BCUT2D eigenvalue weighted by Crippen LogP contribution is 2.27. The lowest BCUT2D eigenvalue weighted by molar-refractivity contribution is -0.665. The van der Waals surface area contributed by atoms with Crippen LogP contribution >= 0.6 is 0 Å². The average molecular weight is 444 g/mol. The Morgan fingerprint density at radius 3 is 2.26 bits per heavy atom. The molecule has 0 aliphatic rings. The number of aromatic nitrogens is 2. The molecular formula is C30H23N2O2+. The minimum Gasteiger partial charge on any atom is -0.457 e. The van der Waals surface area contributed by atoms with Crippen molar-refractivity contribution < 1.29 is 13.8 Å². The fourth-order valence-corrected chi connectivity index (χ4v) is 4.65. The van der Waals surface area contributed by atoms with Crippen molar-refractivity contribution in [2.24, 2.45) is 0 Å². The summed E-state index contributed by atoms with van der Waals surface area (Å²) >= 11 is 0. The second-order valence-corrected chi connectivity index (χ2v) is 8.43. The molecule has 0 bridgehead atoms. The van der Waals surface area contributed by atoms with Crippen molar-refractivity contribution in [3.8, 4) is 0 Å². The number of imidazole rings is 1. The zero-order chi connectivity index (χ0) is 22.9. The van der Waals surface area contributed by atoms with E-state index in [0.29, 0.717) is 12.1 Å². The standard InChI is InChI=1S/C30H23N2O2/c33-30(23-13-5-2-6-14-23)29(22-11-3-1-4-12-22)32-21-31(26-16-8-9-17-27(26)32)20-25-19-24-15-7-10-18-28(24)34-25/h1-19,21,29H,20H2/q+1. The molecule has 0 aliphatic heterocycles. The third kappa shape index (κ3) is 3.59. The van der Waals surface area contributed by atoms with Gasteiger partial charge in [0.2, 0.25) is 12.1 Å². The first-order valence-electron chi connectivity index (χ1n) is 11.4. The fraction of sp³-hybridized carbons (Fsp3) is 0.0667. The molecule has 6 rings (SSSR count). The summed E-state index contributed by atoms with van der Waals surface area (Å²) in [4.78, 5) is 13.8. The summed E-state index contributed by atoms with van der Waals surface area (Å²) in [7, 11) is 0. The van der Waals surface area contributed by atoms with E-state index in [-0.39, 0.29) is 5.78 Å². The number of para-hydroxylation sites is 3. The van der Waals surface area contributed by atoms with Crippen molar-refractivity contribution >= 4 is 27.8 Å². The number of furan rings is 1. The van der Waals surface area contributed by atoms with E-state index in [4.69, 9.17) is 4.42 Å². The second kappa shape index (κ2) is 8.49. The third-order valence-corrected chi connectivity index (χ3v) is 6.24. The normalized spacial score (nSPS) is 12.2. The van der Waals surface area contributed by atoms with Gasteiger partial charge in [-0.1, -0.05) is 91.0 Å². The van der Waals surface area contributed by atoms with Gasteiger partial charge in [-0.05, 0) is 24.3 Å². The van der Waals surface area contributed by atoms with Crippen LogP contribution < -0.4 is 4.57 Å². The minimum absolute atomic E-state index is 0.0587. The smallest absolute Gasteiger partial charge is 0.246 e. The minimum atomic E-state index is -0.481. The summed E-state index contributed by atoms with van der Waals surface area (Å²) in [5, 5.41) is 1.09. The molecule has 4 nitrogen and oxygen atoms in total. The Balaban J connectivity index is 1.50. The molecule has 164 valence electrons. The maximum atomic E-state index is 13.8. The lowest BCUT2D eigenvalue weighted by Gasteiger charge is -2.14. The third-order valence-electron chi connectivity index (χ3n) is 6.24. The first kappa shape index (κ1) is 20.2. The van der Waals surface area contributed by atoms with E-state index in [2.05, 4.69) is 33.4 Å². The van der Waals surface area contributed by atoms with Crippen molar-refractivity contribution in [3.05, 3.63) is 138 Å². The molecule has 4 aromatic carbocycles. The molecule has 0 N–H and O–H groups in total. The predicted molar refractivity (Wildman–Crippen MR) is 133 cm³/mol. The average Bonchev–Trinajstić information content (AvgIpc) is 3.47. The molecule has 0 fully saturated rings. The van der Waals surface area contributed by atoms with E-state index in [9.17, 15) is 4.79 Å². The van der Waals surface area contributed by atoms with Crippen LogP contribution in [0, 0.1) is 0 Å². The van der Waals surface area contributed by atoms with Gasteiger partial charge in [0.1, 0.15) is 17.9 Å². The molecule has 0 aliphatic carbocycles. The Bertz CT molecular complexity index is 1560. The summed E-state index contributed by atoms with van der Waals surface area (Å²) in [6.07, 6.45) is 2.04. The van der Waals surface area contributed by atoms with Crippen LogP contribution in [0.1, 0.15) is 27.7 Å². The largest absolute Gasteiger partial charge is 0.457 e. The Hall–Kier alpha value is -4.44. The fourth-order valence-electron chi connectivity index (χ4n) is 4.65. The van der Waals surface area contributed by atoms with Crippen LogP contribution in [-0.4, -0.2) is 10.4 Å². The molecule has 2 heterocycles. The zero-order valence-electron chi connectivity index (χ0n) is 18.5. The van der Waals surface area contributed by atoms with E-state index in [1.165, 1.54) is 0 Å². The van der Waals surface area contributed by atoms with Crippen LogP contribution in [0.15, 0.2) is 126 Å². The number of rotatable bonds is 6. The van der Waals surface area contributed by atoms with Gasteiger partial charge in [-0.25, -0.2) is 9.13 Å². The number of benzene rings is 4. The SMILES string of the molecule is O=C(c1ccccc1)C(c1ccccc1)n1c[n+](Cc2cc3ccccc3o2)c2ccccc21. The van der Waals surface area contributed by atoms with Crippen molar-refractivity contribution in [3.63, 3.8) is 0 Å². The molecule has 6 aromatic rings. The number of carbonyl (C=O) groups excluding carboxylic acids is 1. The quantitative estimate of drug-likeness (QED) is 0.227. The van der Waals surface area contributed by atoms with Crippen LogP contribution in [0.3, 0.4) is 0 Å². The van der Waals surface area contributed by atoms with Gasteiger partial charge in [0.05, 0.1) is 0 Å². The topological polar surface area (TPSA) is 39.0 Å². The summed E-state index contributed by atoms with van der Waals surface area (Å²) in [5.74, 6) is 0.934. The lowest BCUT2D eigenvalue weighted by atomic mass is 9.97. The molecule has 0 radical (unpaired) electrons. The van der Waals surface area contributed by atoms with E-state index in [1.807, 2.05) is 97.3 Å². The van der Waals surface area contributed by atoms with E-state index in [0.717, 1.165) is 33.3 Å². The van der Waals surface area contributed by atoms with Gasteiger partial charge in [0, 0.05) is 16.5 Å². The first-order valence-corrected chi connectivity index (χ1v) is 11.4. The molecule has 4 heteroatoms. The van der Waals surface area contributed by atoms with Crippen molar-refractivity contribution in [2.45, 2.75) is 12.6 Å². The van der Waals surface area contributed by atoms with Crippen LogP contribution in [0.4, 0.5) is 0 Å². The maximum Gasteiger partial charge on any atom is 0.246 e. The molecule has 34 heavy (non-hydrogen) atoms. The Labute approximate surface area is 197 Å². The molecule has 1 unspecified atom stereocenters. The van der Waals surface area contributed by atoms with Gasteiger partial charge in [-0.15, -0.1) is 0 Å². The first-order chi connectivity index (χ1) is 16.8. The highest BCUT2D eigenvalue weighted by atomic mass is 16.3.